The molecule has 5 atom stereocenters. The zero-order valence-corrected chi connectivity index (χ0v) is 24.5. The van der Waals surface area contributed by atoms with Crippen LogP contribution in [0.15, 0.2) is 18.2 Å². The van der Waals surface area contributed by atoms with Crippen LogP contribution in [0.3, 0.4) is 0 Å². The van der Waals surface area contributed by atoms with Crippen molar-refractivity contribution in [2.75, 3.05) is 19.7 Å². The van der Waals surface area contributed by atoms with E-state index in [0.29, 0.717) is 40.5 Å². The largest absolute Gasteiger partial charge is 0.457 e. The van der Waals surface area contributed by atoms with Crippen LogP contribution in [0.4, 0.5) is 0 Å². The Labute approximate surface area is 247 Å². The fourth-order valence-corrected chi connectivity index (χ4v) is 6.92. The highest BCUT2D eigenvalue weighted by Crippen LogP contribution is 2.43. The molecule has 2 saturated heterocycles. The summed E-state index contributed by atoms with van der Waals surface area (Å²) >= 11 is 12.5. The van der Waals surface area contributed by atoms with E-state index in [4.69, 9.17) is 27.9 Å². The molecule has 3 aliphatic rings. The van der Waals surface area contributed by atoms with E-state index < -0.39 is 48.2 Å². The monoisotopic (exact) mass is 604 g/mol. The molecule has 2 aromatic rings. The van der Waals surface area contributed by atoms with E-state index in [1.165, 1.54) is 0 Å². The maximum absolute atomic E-state index is 13.9. The van der Waals surface area contributed by atoms with Gasteiger partial charge in [-0.25, -0.2) is 0 Å². The molecule has 12 heteroatoms. The van der Waals surface area contributed by atoms with Gasteiger partial charge in [0.15, 0.2) is 12.4 Å². The summed E-state index contributed by atoms with van der Waals surface area (Å²) in [6.45, 7) is 3.73. The number of Topliss-reactive ketones (excluding diaryl/α,β-unsaturated/α-hetero) is 1. The maximum Gasteiger partial charge on any atom is 0.308 e. The SMILES string of the molecule is CC(C)C(=O)OCC(=O)C(C[C@@H]1CCNC1=O)NC(=O)[C@@H]1[C@H]2CCC[C@H]2CN1C(=O)c1cc2c(Cl)cc(Cl)cc2[nH]1. The number of carbonyl (C=O) groups excluding carboxylic acids is 5. The number of hydrogen-bond donors (Lipinski definition) is 3. The molecular weight excluding hydrogens is 571 g/mol. The number of amides is 3. The van der Waals surface area contributed by atoms with E-state index in [2.05, 4.69) is 15.6 Å². The topological polar surface area (TPSA) is 138 Å². The van der Waals surface area contributed by atoms with Crippen LogP contribution in [0.5, 0.6) is 0 Å². The summed E-state index contributed by atoms with van der Waals surface area (Å²) in [4.78, 5) is 69.9. The van der Waals surface area contributed by atoms with E-state index in [1.54, 1.807) is 36.9 Å². The highest BCUT2D eigenvalue weighted by Gasteiger charge is 2.50. The molecule has 1 saturated carbocycles. The number of likely N-dealkylation sites (tertiary alicyclic amines) is 1. The number of ketones is 1. The third kappa shape index (κ3) is 6.09. The second-order valence-corrected chi connectivity index (χ2v) is 12.4. The van der Waals surface area contributed by atoms with Crippen molar-refractivity contribution >= 4 is 63.6 Å². The molecular formula is C29H34Cl2N4O6. The summed E-state index contributed by atoms with van der Waals surface area (Å²) < 4.78 is 5.15. The van der Waals surface area contributed by atoms with E-state index >= 15 is 0 Å². The maximum atomic E-state index is 13.9. The van der Waals surface area contributed by atoms with Gasteiger partial charge in [0.2, 0.25) is 11.8 Å². The van der Waals surface area contributed by atoms with Gasteiger partial charge in [-0.2, -0.15) is 0 Å². The normalized spacial score (nSPS) is 24.4. The minimum Gasteiger partial charge on any atom is -0.457 e. The molecule has 1 aliphatic carbocycles. The zero-order valence-electron chi connectivity index (χ0n) is 23.0. The van der Waals surface area contributed by atoms with Crippen molar-refractivity contribution in [1.82, 2.24) is 20.5 Å². The molecule has 1 unspecified atom stereocenters. The van der Waals surface area contributed by atoms with E-state index in [9.17, 15) is 24.0 Å². The van der Waals surface area contributed by atoms with Gasteiger partial charge in [0.05, 0.1) is 17.0 Å². The van der Waals surface area contributed by atoms with Crippen molar-refractivity contribution in [3.05, 3.63) is 33.9 Å². The van der Waals surface area contributed by atoms with Gasteiger partial charge in [-0.1, -0.05) is 43.5 Å². The second-order valence-electron chi connectivity index (χ2n) is 11.6. The van der Waals surface area contributed by atoms with Crippen molar-refractivity contribution in [2.45, 2.75) is 58.0 Å². The number of fused-ring (bicyclic) bond motifs is 2. The van der Waals surface area contributed by atoms with Gasteiger partial charge >= 0.3 is 5.97 Å². The minimum atomic E-state index is -1.04. The van der Waals surface area contributed by atoms with Gasteiger partial charge in [0.1, 0.15) is 11.7 Å². The summed E-state index contributed by atoms with van der Waals surface area (Å²) in [6.07, 6.45) is 3.28. The summed E-state index contributed by atoms with van der Waals surface area (Å²) in [5.41, 5.74) is 0.903. The van der Waals surface area contributed by atoms with Crippen LogP contribution < -0.4 is 10.6 Å². The van der Waals surface area contributed by atoms with E-state index in [1.807, 2.05) is 0 Å². The number of ether oxygens (including phenoxy) is 1. The smallest absolute Gasteiger partial charge is 0.308 e. The Kier molecular flexibility index (Phi) is 8.61. The van der Waals surface area contributed by atoms with Crippen molar-refractivity contribution in [2.24, 2.45) is 23.7 Å². The number of aromatic nitrogens is 1. The highest BCUT2D eigenvalue weighted by molar-refractivity contribution is 6.38. The number of nitrogens with zero attached hydrogens (tertiary/aromatic N) is 1. The predicted octanol–water partition coefficient (Wildman–Crippen LogP) is 3.49. The molecule has 2 aliphatic heterocycles. The highest BCUT2D eigenvalue weighted by atomic mass is 35.5. The van der Waals surface area contributed by atoms with Crippen molar-refractivity contribution in [3.8, 4) is 0 Å². The lowest BCUT2D eigenvalue weighted by Gasteiger charge is -2.29. The van der Waals surface area contributed by atoms with E-state index in [-0.39, 0.29) is 35.8 Å². The van der Waals surface area contributed by atoms with Crippen molar-refractivity contribution < 1.29 is 28.7 Å². The van der Waals surface area contributed by atoms with Gasteiger partial charge in [0, 0.05) is 34.9 Å². The number of esters is 1. The lowest BCUT2D eigenvalue weighted by molar-refractivity contribution is -0.151. The number of halogens is 2. The number of rotatable bonds is 9. The molecule has 1 aromatic heterocycles. The first-order valence-electron chi connectivity index (χ1n) is 14.1. The van der Waals surface area contributed by atoms with E-state index in [0.717, 1.165) is 19.3 Å². The second kappa shape index (κ2) is 12.0. The molecule has 1 aromatic carbocycles. The Morgan fingerprint density at radius 1 is 1.12 bits per heavy atom. The third-order valence-corrected chi connectivity index (χ3v) is 9.05. The molecule has 10 nitrogen and oxygen atoms in total. The average Bonchev–Trinajstić information content (AvgIpc) is 3.70. The van der Waals surface area contributed by atoms with Gasteiger partial charge in [-0.05, 0) is 55.7 Å². The van der Waals surface area contributed by atoms with Gasteiger partial charge < -0.3 is 25.3 Å². The first kappa shape index (κ1) is 29.4. The molecule has 5 rings (SSSR count). The quantitative estimate of drug-likeness (QED) is 0.375. The van der Waals surface area contributed by atoms with Crippen molar-refractivity contribution in [3.63, 3.8) is 0 Å². The summed E-state index contributed by atoms with van der Waals surface area (Å²) in [5, 5.41) is 7.09. The van der Waals surface area contributed by atoms with Crippen LogP contribution in [0.1, 0.15) is 56.4 Å². The number of carbonyl (C=O) groups is 5. The lowest BCUT2D eigenvalue weighted by atomic mass is 9.92. The zero-order chi connectivity index (χ0) is 29.4. The Morgan fingerprint density at radius 3 is 2.61 bits per heavy atom. The van der Waals surface area contributed by atoms with Crippen LogP contribution in [-0.2, 0) is 23.9 Å². The first-order valence-corrected chi connectivity index (χ1v) is 14.8. The molecule has 3 heterocycles. The summed E-state index contributed by atoms with van der Waals surface area (Å²) in [6, 6.07) is 3.12. The van der Waals surface area contributed by atoms with Gasteiger partial charge in [-0.15, -0.1) is 0 Å². The lowest BCUT2D eigenvalue weighted by Crippen LogP contribution is -2.54. The fraction of sp³-hybridized carbons (Fsp3) is 0.552. The Balaban J connectivity index is 1.38. The molecule has 3 N–H and O–H groups in total. The molecule has 41 heavy (non-hydrogen) atoms. The average molecular weight is 606 g/mol. The van der Waals surface area contributed by atoms with Gasteiger partial charge in [0.25, 0.3) is 5.91 Å². The van der Waals surface area contributed by atoms with Crippen LogP contribution in [-0.4, -0.2) is 71.1 Å². The van der Waals surface area contributed by atoms with Crippen LogP contribution in [0, 0.1) is 23.7 Å². The van der Waals surface area contributed by atoms with Crippen molar-refractivity contribution in [1.29, 1.82) is 0 Å². The summed E-state index contributed by atoms with van der Waals surface area (Å²) in [7, 11) is 0. The predicted molar refractivity (Wildman–Crippen MR) is 152 cm³/mol. The number of H-pyrrole nitrogens is 1. The number of hydrogen-bond acceptors (Lipinski definition) is 6. The van der Waals surface area contributed by atoms with Gasteiger partial charge in [-0.3, -0.25) is 24.0 Å². The summed E-state index contributed by atoms with van der Waals surface area (Å²) in [5.74, 6) is -2.73. The molecule has 220 valence electrons. The molecule has 0 radical (unpaired) electrons. The molecule has 3 amide bonds. The fourth-order valence-electron chi connectivity index (χ4n) is 6.37. The number of nitrogens with one attached hydrogen (secondary N) is 3. The standard InChI is InChI=1S/C29H34Cl2N4O6/c1-14(2)29(40)41-13-24(36)22(8-15-6-7-32-26(15)37)34-27(38)25-18-5-3-4-16(18)12-35(25)28(39)23-11-19-20(31)9-17(30)10-21(19)33-23/h9-11,14-16,18,22,25,33H,3-8,12-13H2,1-2H3,(H,32,37)(H,34,38)/t15-,16-,18-,22?,25-/m0/s1. The Bertz CT molecular complexity index is 1390. The Morgan fingerprint density at radius 2 is 1.90 bits per heavy atom. The Hall–Kier alpha value is -3.11. The number of benzene rings is 1. The van der Waals surface area contributed by atoms with Crippen LogP contribution in [0.25, 0.3) is 10.9 Å². The molecule has 0 spiro atoms. The van der Waals surface area contributed by atoms with Crippen LogP contribution >= 0.6 is 23.2 Å². The molecule has 3 fully saturated rings. The first-order chi connectivity index (χ1) is 19.5. The minimum absolute atomic E-state index is 0.0503. The van der Waals surface area contributed by atoms with Crippen LogP contribution in [0.2, 0.25) is 10.0 Å². The molecule has 0 bridgehead atoms. The number of aromatic amines is 1. The third-order valence-electron chi connectivity index (χ3n) is 8.52.